The van der Waals surface area contributed by atoms with Crippen LogP contribution in [0.5, 0.6) is 0 Å². The number of carbonyl (C=O) groups excluding carboxylic acids is 2. The van der Waals surface area contributed by atoms with Crippen molar-refractivity contribution in [3.8, 4) is 0 Å². The van der Waals surface area contributed by atoms with Crippen LogP contribution in [-0.2, 0) is 4.79 Å². The zero-order chi connectivity index (χ0) is 15.1. The van der Waals surface area contributed by atoms with E-state index < -0.39 is 0 Å². The van der Waals surface area contributed by atoms with Crippen LogP contribution < -0.4 is 5.32 Å². The van der Waals surface area contributed by atoms with Crippen LogP contribution in [0.15, 0.2) is 30.9 Å². The topological polar surface area (TPSA) is 46.2 Å². The number of aldehydes is 1. The lowest BCUT2D eigenvalue weighted by Crippen LogP contribution is -2.34. The third-order valence-corrected chi connectivity index (χ3v) is 3.83. The molecule has 0 aliphatic heterocycles. The number of hydrogen-bond acceptors (Lipinski definition) is 2. The Hall–Kier alpha value is -2.16. The van der Waals surface area contributed by atoms with E-state index in [-0.39, 0.29) is 5.91 Å². The number of benzene rings is 1. The maximum atomic E-state index is 11.9. The fraction of sp³-hybridized carbons (Fsp3) is 0.333. The van der Waals surface area contributed by atoms with Gasteiger partial charge in [-0.3, -0.25) is 9.59 Å². The first-order chi connectivity index (χ1) is 10.2. The summed E-state index contributed by atoms with van der Waals surface area (Å²) in [6, 6.07) is 5.63. The molecule has 0 atom stereocenters. The summed E-state index contributed by atoms with van der Waals surface area (Å²) >= 11 is 0. The normalized spacial score (nSPS) is 15.8. The molecule has 0 saturated heterocycles. The molecule has 0 aromatic heterocycles. The minimum Gasteiger partial charge on any atom is -0.350 e. The van der Waals surface area contributed by atoms with Gasteiger partial charge in [-0.2, -0.15) is 0 Å². The average Bonchev–Trinajstić information content (AvgIpc) is 2.53. The van der Waals surface area contributed by atoms with Gasteiger partial charge >= 0.3 is 0 Å². The monoisotopic (exact) mass is 283 g/mol. The van der Waals surface area contributed by atoms with E-state index in [2.05, 4.69) is 11.9 Å². The minimum atomic E-state index is -0.0755. The summed E-state index contributed by atoms with van der Waals surface area (Å²) in [6.45, 7) is 3.75. The van der Waals surface area contributed by atoms with Gasteiger partial charge in [0, 0.05) is 17.7 Å². The summed E-state index contributed by atoms with van der Waals surface area (Å²) in [7, 11) is 0. The SMILES string of the molecule is C=Cc1ccc(C=O)cc1/C=C/C(=O)NC1CCCCC1. The molecule has 3 nitrogen and oxygen atoms in total. The van der Waals surface area contributed by atoms with E-state index in [1.54, 1.807) is 24.3 Å². The molecule has 2 rings (SSSR count). The maximum absolute atomic E-state index is 11.9. The van der Waals surface area contributed by atoms with Gasteiger partial charge in [0.05, 0.1) is 0 Å². The zero-order valence-corrected chi connectivity index (χ0v) is 12.2. The Labute approximate surface area is 125 Å². The van der Waals surface area contributed by atoms with Gasteiger partial charge in [-0.15, -0.1) is 0 Å². The second-order valence-electron chi connectivity index (χ2n) is 5.39. The molecule has 1 aromatic carbocycles. The van der Waals surface area contributed by atoms with Gasteiger partial charge in [-0.1, -0.05) is 44.1 Å². The molecule has 110 valence electrons. The van der Waals surface area contributed by atoms with Gasteiger partial charge in [-0.25, -0.2) is 0 Å². The van der Waals surface area contributed by atoms with Gasteiger partial charge in [0.1, 0.15) is 6.29 Å². The van der Waals surface area contributed by atoms with E-state index in [0.717, 1.165) is 30.3 Å². The van der Waals surface area contributed by atoms with Crippen molar-refractivity contribution < 1.29 is 9.59 Å². The Kier molecular flexibility index (Phi) is 5.50. The second-order valence-corrected chi connectivity index (χ2v) is 5.39. The molecule has 1 N–H and O–H groups in total. The van der Waals surface area contributed by atoms with Crippen LogP contribution in [0, 0.1) is 0 Å². The lowest BCUT2D eigenvalue weighted by Gasteiger charge is -2.21. The highest BCUT2D eigenvalue weighted by Gasteiger charge is 2.14. The molecule has 1 aromatic rings. The number of nitrogens with one attached hydrogen (secondary N) is 1. The Bertz CT molecular complexity index is 554. The van der Waals surface area contributed by atoms with Gasteiger partial charge in [-0.05, 0) is 36.1 Å². The summed E-state index contributed by atoms with van der Waals surface area (Å²) in [5.74, 6) is -0.0755. The van der Waals surface area contributed by atoms with Gasteiger partial charge in [0.25, 0.3) is 0 Å². The van der Waals surface area contributed by atoms with E-state index in [0.29, 0.717) is 11.6 Å². The molecule has 0 unspecified atom stereocenters. The van der Waals surface area contributed by atoms with E-state index in [4.69, 9.17) is 0 Å². The standard InChI is InChI=1S/C18H21NO2/c1-2-15-9-8-14(13-20)12-16(15)10-11-18(21)19-17-6-4-3-5-7-17/h2,8-13,17H,1,3-7H2,(H,19,21)/b11-10+. The predicted octanol–water partition coefficient (Wildman–Crippen LogP) is 3.60. The first kappa shape index (κ1) is 15.2. The summed E-state index contributed by atoms with van der Waals surface area (Å²) in [5.41, 5.74) is 2.32. The molecule has 1 aliphatic rings. The second kappa shape index (κ2) is 7.58. The van der Waals surface area contributed by atoms with Crippen LogP contribution >= 0.6 is 0 Å². The van der Waals surface area contributed by atoms with Crippen molar-refractivity contribution in [2.75, 3.05) is 0 Å². The fourth-order valence-corrected chi connectivity index (χ4v) is 2.66. The van der Waals surface area contributed by atoms with Crippen LogP contribution in [-0.4, -0.2) is 18.2 Å². The van der Waals surface area contributed by atoms with Crippen LogP contribution in [0.4, 0.5) is 0 Å². The smallest absolute Gasteiger partial charge is 0.244 e. The average molecular weight is 283 g/mol. The molecule has 1 aliphatic carbocycles. The van der Waals surface area contributed by atoms with Crippen LogP contribution in [0.2, 0.25) is 0 Å². The summed E-state index contributed by atoms with van der Waals surface area (Å²) in [5, 5.41) is 3.03. The van der Waals surface area contributed by atoms with E-state index in [1.165, 1.54) is 25.3 Å². The van der Waals surface area contributed by atoms with Crippen molar-refractivity contribution in [2.45, 2.75) is 38.1 Å². The molecule has 1 fully saturated rings. The minimum absolute atomic E-state index is 0.0755. The Morgan fingerprint density at radius 1 is 1.19 bits per heavy atom. The Balaban J connectivity index is 2.03. The fourth-order valence-electron chi connectivity index (χ4n) is 2.66. The highest BCUT2D eigenvalue weighted by atomic mass is 16.1. The van der Waals surface area contributed by atoms with E-state index >= 15 is 0 Å². The molecule has 1 saturated carbocycles. The first-order valence-corrected chi connectivity index (χ1v) is 7.43. The Morgan fingerprint density at radius 2 is 1.95 bits per heavy atom. The lowest BCUT2D eigenvalue weighted by molar-refractivity contribution is -0.117. The molecule has 0 spiro atoms. The van der Waals surface area contributed by atoms with Crippen LogP contribution in [0.25, 0.3) is 12.2 Å². The van der Waals surface area contributed by atoms with Crippen molar-refractivity contribution in [2.24, 2.45) is 0 Å². The molecule has 21 heavy (non-hydrogen) atoms. The molecule has 0 heterocycles. The van der Waals surface area contributed by atoms with E-state index in [9.17, 15) is 9.59 Å². The van der Waals surface area contributed by atoms with Gasteiger partial charge < -0.3 is 5.32 Å². The number of hydrogen-bond donors (Lipinski definition) is 1. The third kappa shape index (κ3) is 4.42. The quantitative estimate of drug-likeness (QED) is 0.663. The van der Waals surface area contributed by atoms with E-state index in [1.807, 2.05) is 6.07 Å². The number of rotatable bonds is 5. The van der Waals surface area contributed by atoms with Crippen molar-refractivity contribution in [3.63, 3.8) is 0 Å². The van der Waals surface area contributed by atoms with Crippen LogP contribution in [0.1, 0.15) is 53.6 Å². The Morgan fingerprint density at radius 3 is 2.62 bits per heavy atom. The molecule has 1 amide bonds. The molecule has 0 radical (unpaired) electrons. The number of carbonyl (C=O) groups is 2. The predicted molar refractivity (Wildman–Crippen MR) is 86.0 cm³/mol. The third-order valence-electron chi connectivity index (χ3n) is 3.83. The van der Waals surface area contributed by atoms with Gasteiger partial charge in [0.2, 0.25) is 5.91 Å². The van der Waals surface area contributed by atoms with Crippen molar-refractivity contribution in [3.05, 3.63) is 47.5 Å². The van der Waals surface area contributed by atoms with Crippen molar-refractivity contribution >= 4 is 24.3 Å². The molecular weight excluding hydrogens is 262 g/mol. The number of amides is 1. The highest BCUT2D eigenvalue weighted by molar-refractivity contribution is 5.93. The molecule has 3 heteroatoms. The van der Waals surface area contributed by atoms with Crippen molar-refractivity contribution in [1.82, 2.24) is 5.32 Å². The van der Waals surface area contributed by atoms with Crippen molar-refractivity contribution in [1.29, 1.82) is 0 Å². The molecule has 0 bridgehead atoms. The summed E-state index contributed by atoms with van der Waals surface area (Å²) in [6.07, 6.45) is 11.6. The van der Waals surface area contributed by atoms with Gasteiger partial charge in [0.15, 0.2) is 0 Å². The van der Waals surface area contributed by atoms with Crippen LogP contribution in [0.3, 0.4) is 0 Å². The zero-order valence-electron chi connectivity index (χ0n) is 12.2. The highest BCUT2D eigenvalue weighted by Crippen LogP contribution is 2.18. The largest absolute Gasteiger partial charge is 0.350 e. The summed E-state index contributed by atoms with van der Waals surface area (Å²) in [4.78, 5) is 22.8. The molecular formula is C18H21NO2. The maximum Gasteiger partial charge on any atom is 0.244 e. The lowest BCUT2D eigenvalue weighted by atomic mass is 9.95. The summed E-state index contributed by atoms with van der Waals surface area (Å²) < 4.78 is 0. The first-order valence-electron chi connectivity index (χ1n) is 7.43.